The minimum absolute atomic E-state index is 0.346. The summed E-state index contributed by atoms with van der Waals surface area (Å²) in [7, 11) is 0. The summed E-state index contributed by atoms with van der Waals surface area (Å²) in [5, 5.41) is 10.1. The largest absolute Gasteiger partial charge is 0.309 e. The highest BCUT2D eigenvalue weighted by Gasteiger charge is 2.17. The van der Waals surface area contributed by atoms with E-state index in [4.69, 9.17) is 0 Å². The first-order chi connectivity index (χ1) is 8.72. The highest BCUT2D eigenvalue weighted by atomic mass is 32.1. The van der Waals surface area contributed by atoms with Gasteiger partial charge >= 0.3 is 0 Å². The lowest BCUT2D eigenvalue weighted by atomic mass is 10.1. The summed E-state index contributed by atoms with van der Waals surface area (Å²) in [4.78, 5) is 1.41. The molecule has 2 aromatic rings. The lowest BCUT2D eigenvalue weighted by molar-refractivity contribution is 0.449. The molecular weight excluding hydrogens is 242 g/mol. The van der Waals surface area contributed by atoms with Crippen LogP contribution < -0.4 is 5.32 Å². The van der Waals surface area contributed by atoms with E-state index in [9.17, 15) is 0 Å². The molecule has 0 aliphatic rings. The van der Waals surface area contributed by atoms with Gasteiger partial charge in [-0.3, -0.25) is 4.68 Å². The van der Waals surface area contributed by atoms with Crippen molar-refractivity contribution in [2.45, 2.75) is 39.3 Å². The predicted octanol–water partition coefficient (Wildman–Crippen LogP) is 3.42. The zero-order chi connectivity index (χ0) is 13.0. The van der Waals surface area contributed by atoms with Gasteiger partial charge in [0.05, 0.1) is 11.7 Å². The Morgan fingerprint density at radius 2 is 2.22 bits per heavy atom. The zero-order valence-corrected chi connectivity index (χ0v) is 12.1. The Morgan fingerprint density at radius 1 is 1.39 bits per heavy atom. The minimum Gasteiger partial charge on any atom is -0.309 e. The molecular formula is C14H21N3S. The summed E-state index contributed by atoms with van der Waals surface area (Å²) in [5.74, 6) is 0. The van der Waals surface area contributed by atoms with Crippen LogP contribution >= 0.6 is 11.3 Å². The van der Waals surface area contributed by atoms with E-state index >= 15 is 0 Å². The van der Waals surface area contributed by atoms with Gasteiger partial charge in [0, 0.05) is 23.5 Å². The fraction of sp³-hybridized carbons (Fsp3) is 0.500. The topological polar surface area (TPSA) is 29.9 Å². The van der Waals surface area contributed by atoms with E-state index in [2.05, 4.69) is 59.4 Å². The first-order valence-electron chi connectivity index (χ1n) is 6.51. The summed E-state index contributed by atoms with van der Waals surface area (Å²) in [6.07, 6.45) is 2.93. The van der Waals surface area contributed by atoms with E-state index in [1.807, 2.05) is 17.5 Å². The lowest BCUT2D eigenvalue weighted by Gasteiger charge is -2.20. The highest BCUT2D eigenvalue weighted by Crippen LogP contribution is 2.23. The number of hydrogen-bond acceptors (Lipinski definition) is 3. The molecule has 0 aliphatic heterocycles. The monoisotopic (exact) mass is 263 g/mol. The van der Waals surface area contributed by atoms with E-state index in [-0.39, 0.29) is 0 Å². The smallest absolute Gasteiger partial charge is 0.0560 e. The number of rotatable bonds is 6. The molecule has 98 valence electrons. The predicted molar refractivity (Wildman–Crippen MR) is 77.1 cm³/mol. The van der Waals surface area contributed by atoms with Crippen molar-refractivity contribution in [3.8, 4) is 0 Å². The van der Waals surface area contributed by atoms with Crippen LogP contribution in [-0.4, -0.2) is 16.3 Å². The molecule has 0 aromatic carbocycles. The molecule has 0 bridgehead atoms. The van der Waals surface area contributed by atoms with Gasteiger partial charge in [0.15, 0.2) is 0 Å². The highest BCUT2D eigenvalue weighted by molar-refractivity contribution is 7.09. The van der Waals surface area contributed by atoms with Gasteiger partial charge in [-0.25, -0.2) is 0 Å². The second-order valence-electron chi connectivity index (χ2n) is 4.69. The summed E-state index contributed by atoms with van der Waals surface area (Å²) in [6.45, 7) is 7.46. The molecule has 0 fully saturated rings. The van der Waals surface area contributed by atoms with Gasteiger partial charge in [-0.1, -0.05) is 13.0 Å². The van der Waals surface area contributed by atoms with Gasteiger partial charge in [0.25, 0.3) is 0 Å². The third-order valence-corrected chi connectivity index (χ3v) is 3.88. The van der Waals surface area contributed by atoms with Crippen LogP contribution in [0, 0.1) is 0 Å². The third-order valence-electron chi connectivity index (χ3n) is 2.98. The average Bonchev–Trinajstić information content (AvgIpc) is 2.99. The maximum Gasteiger partial charge on any atom is 0.0560 e. The molecule has 18 heavy (non-hydrogen) atoms. The molecule has 0 radical (unpaired) electrons. The van der Waals surface area contributed by atoms with Crippen LogP contribution in [0.3, 0.4) is 0 Å². The Balaban J connectivity index is 2.21. The minimum atomic E-state index is 0.346. The molecule has 2 aromatic heterocycles. The molecule has 4 heteroatoms. The van der Waals surface area contributed by atoms with Crippen LogP contribution in [0.5, 0.6) is 0 Å². The molecule has 3 nitrogen and oxygen atoms in total. The Labute approximate surface area is 113 Å². The number of thiophene rings is 1. The molecule has 2 rings (SSSR count). The van der Waals surface area contributed by atoms with Crippen molar-refractivity contribution < 1.29 is 0 Å². The molecule has 0 saturated carbocycles. The maximum atomic E-state index is 4.43. The second-order valence-corrected chi connectivity index (χ2v) is 5.72. The number of hydrogen-bond donors (Lipinski definition) is 1. The summed E-state index contributed by atoms with van der Waals surface area (Å²) < 4.78 is 2.11. The lowest BCUT2D eigenvalue weighted by Crippen LogP contribution is -2.26. The quantitative estimate of drug-likeness (QED) is 0.865. The van der Waals surface area contributed by atoms with Crippen LogP contribution in [0.15, 0.2) is 29.8 Å². The van der Waals surface area contributed by atoms with Gasteiger partial charge < -0.3 is 5.32 Å². The molecule has 2 heterocycles. The van der Waals surface area contributed by atoms with Gasteiger partial charge in [0.1, 0.15) is 0 Å². The molecule has 1 unspecified atom stereocenters. The number of likely N-dealkylation sites (N-methyl/N-ethyl adjacent to an activating group) is 1. The Hall–Kier alpha value is -1.13. The van der Waals surface area contributed by atoms with E-state index in [0.717, 1.165) is 13.0 Å². The fourth-order valence-electron chi connectivity index (χ4n) is 2.19. The normalized spacial score (nSPS) is 13.1. The van der Waals surface area contributed by atoms with Crippen molar-refractivity contribution in [1.82, 2.24) is 15.1 Å². The van der Waals surface area contributed by atoms with Crippen LogP contribution in [0.2, 0.25) is 0 Å². The number of nitrogens with one attached hydrogen (secondary N) is 1. The summed E-state index contributed by atoms with van der Waals surface area (Å²) >= 11 is 1.82. The molecule has 1 N–H and O–H groups in total. The van der Waals surface area contributed by atoms with Crippen LogP contribution in [0.25, 0.3) is 0 Å². The summed E-state index contributed by atoms with van der Waals surface area (Å²) in [6, 6.07) is 7.19. The average molecular weight is 263 g/mol. The SMILES string of the molecule is CCNC(Cc1cccs1)c1ccnn1C(C)C. The van der Waals surface area contributed by atoms with Crippen molar-refractivity contribution in [1.29, 1.82) is 0 Å². The van der Waals surface area contributed by atoms with Crippen molar-refractivity contribution in [2.75, 3.05) is 6.54 Å². The van der Waals surface area contributed by atoms with Crippen molar-refractivity contribution in [3.63, 3.8) is 0 Å². The van der Waals surface area contributed by atoms with Crippen LogP contribution in [-0.2, 0) is 6.42 Å². The maximum absolute atomic E-state index is 4.43. The summed E-state index contributed by atoms with van der Waals surface area (Å²) in [5.41, 5.74) is 1.28. The molecule has 0 saturated heterocycles. The Morgan fingerprint density at radius 3 is 2.83 bits per heavy atom. The van der Waals surface area contributed by atoms with Gasteiger partial charge in [-0.05, 0) is 37.9 Å². The molecule has 1 atom stereocenters. The van der Waals surface area contributed by atoms with Gasteiger partial charge in [-0.15, -0.1) is 11.3 Å². The standard InChI is InChI=1S/C14H21N3S/c1-4-15-13(10-12-6-5-9-18-12)14-7-8-16-17(14)11(2)3/h5-9,11,13,15H,4,10H2,1-3H3. The Kier molecular flexibility index (Phi) is 4.55. The molecule has 0 aliphatic carbocycles. The number of nitrogens with zero attached hydrogens (tertiary/aromatic N) is 2. The second kappa shape index (κ2) is 6.16. The van der Waals surface area contributed by atoms with Crippen molar-refractivity contribution in [2.24, 2.45) is 0 Å². The Bertz CT molecular complexity index is 459. The zero-order valence-electron chi connectivity index (χ0n) is 11.3. The number of aromatic nitrogens is 2. The van der Waals surface area contributed by atoms with E-state index in [1.165, 1.54) is 10.6 Å². The third kappa shape index (κ3) is 3.00. The first-order valence-corrected chi connectivity index (χ1v) is 7.39. The fourth-order valence-corrected chi connectivity index (χ4v) is 2.94. The van der Waals surface area contributed by atoms with Gasteiger partial charge in [-0.2, -0.15) is 5.10 Å². The van der Waals surface area contributed by atoms with E-state index in [0.29, 0.717) is 12.1 Å². The van der Waals surface area contributed by atoms with Gasteiger partial charge in [0.2, 0.25) is 0 Å². The van der Waals surface area contributed by atoms with Crippen LogP contribution in [0.4, 0.5) is 0 Å². The first kappa shape index (κ1) is 13.3. The molecule has 0 spiro atoms. The van der Waals surface area contributed by atoms with E-state index < -0.39 is 0 Å². The van der Waals surface area contributed by atoms with Crippen LogP contribution in [0.1, 0.15) is 43.4 Å². The van der Waals surface area contributed by atoms with Crippen molar-refractivity contribution in [3.05, 3.63) is 40.3 Å². The molecule has 0 amide bonds. The van der Waals surface area contributed by atoms with E-state index in [1.54, 1.807) is 0 Å². The van der Waals surface area contributed by atoms with Crippen molar-refractivity contribution >= 4 is 11.3 Å².